The maximum atomic E-state index is 11.6. The number of carbonyl (C=O) groups is 1. The second-order valence-electron chi connectivity index (χ2n) is 3.88. The second-order valence-corrected chi connectivity index (χ2v) is 3.88. The lowest BCUT2D eigenvalue weighted by molar-refractivity contribution is -0.123. The minimum atomic E-state index is 0.392. The van der Waals surface area contributed by atoms with Gasteiger partial charge in [-0.3, -0.25) is 4.79 Å². The Kier molecular flexibility index (Phi) is 4.34. The molecule has 1 aliphatic rings. The van der Waals surface area contributed by atoms with Crippen molar-refractivity contribution in [2.45, 2.75) is 58.3 Å². The average Bonchev–Trinajstić information content (AvgIpc) is 2.17. The van der Waals surface area contributed by atoms with Gasteiger partial charge in [-0.15, -0.1) is 0 Å². The molecule has 1 heteroatoms. The highest BCUT2D eigenvalue weighted by atomic mass is 16.1. The van der Waals surface area contributed by atoms with Crippen LogP contribution in [0.15, 0.2) is 0 Å². The molecule has 0 aromatic carbocycles. The lowest BCUT2D eigenvalue weighted by Gasteiger charge is -2.10. The molecule has 1 aliphatic carbocycles. The van der Waals surface area contributed by atoms with E-state index in [1.807, 2.05) is 0 Å². The largest absolute Gasteiger partial charge is 0.299 e. The Hall–Kier alpha value is -0.330. The van der Waals surface area contributed by atoms with E-state index >= 15 is 0 Å². The summed E-state index contributed by atoms with van der Waals surface area (Å²) in [6, 6.07) is 0. The smallest absolute Gasteiger partial charge is 0.135 e. The summed E-state index contributed by atoms with van der Waals surface area (Å²) in [5.41, 5.74) is 0. The fraction of sp³-hybridized carbons (Fsp3) is 0.909. The first-order valence-corrected chi connectivity index (χ1v) is 5.37. The predicted octanol–water partition coefficient (Wildman–Crippen LogP) is 3.33. The predicted molar refractivity (Wildman–Crippen MR) is 51.1 cm³/mol. The molecule has 0 radical (unpaired) electrons. The molecule has 1 saturated carbocycles. The highest BCUT2D eigenvalue weighted by molar-refractivity contribution is 5.80. The van der Waals surface area contributed by atoms with Crippen LogP contribution in [-0.4, -0.2) is 5.78 Å². The van der Waals surface area contributed by atoms with E-state index in [2.05, 4.69) is 6.92 Å². The topological polar surface area (TPSA) is 17.1 Å². The van der Waals surface area contributed by atoms with E-state index in [0.717, 1.165) is 25.7 Å². The number of carbonyl (C=O) groups excluding carboxylic acids is 1. The maximum Gasteiger partial charge on any atom is 0.135 e. The molecule has 1 fully saturated rings. The minimum Gasteiger partial charge on any atom is -0.299 e. The summed E-state index contributed by atoms with van der Waals surface area (Å²) in [4.78, 5) is 11.6. The summed E-state index contributed by atoms with van der Waals surface area (Å²) >= 11 is 0. The summed E-state index contributed by atoms with van der Waals surface area (Å²) in [6.45, 7) is 2.14. The van der Waals surface area contributed by atoms with E-state index in [9.17, 15) is 4.79 Å². The van der Waals surface area contributed by atoms with Gasteiger partial charge in [0.05, 0.1) is 0 Å². The van der Waals surface area contributed by atoms with Crippen LogP contribution < -0.4 is 0 Å². The van der Waals surface area contributed by atoms with Crippen molar-refractivity contribution in [1.29, 1.82) is 0 Å². The normalized spacial score (nSPS) is 27.4. The molecule has 1 atom stereocenters. The van der Waals surface area contributed by atoms with Gasteiger partial charge in [-0.05, 0) is 19.3 Å². The highest BCUT2D eigenvalue weighted by Crippen LogP contribution is 2.21. The standard InChI is InChI=1S/C11H20O/c1-2-10-8-6-4-3-5-7-9-11(10)12/h10H,2-9H2,1H3. The Morgan fingerprint density at radius 3 is 2.58 bits per heavy atom. The quantitative estimate of drug-likeness (QED) is 0.587. The third-order valence-electron chi connectivity index (χ3n) is 2.92. The van der Waals surface area contributed by atoms with E-state index in [0.29, 0.717) is 11.7 Å². The zero-order valence-electron chi connectivity index (χ0n) is 8.14. The van der Waals surface area contributed by atoms with Gasteiger partial charge in [-0.2, -0.15) is 0 Å². The second kappa shape index (κ2) is 5.34. The average molecular weight is 168 g/mol. The molecule has 0 saturated heterocycles. The third-order valence-corrected chi connectivity index (χ3v) is 2.92. The van der Waals surface area contributed by atoms with E-state index in [-0.39, 0.29) is 0 Å². The summed E-state index contributed by atoms with van der Waals surface area (Å²) in [5, 5.41) is 0. The Morgan fingerprint density at radius 1 is 1.17 bits per heavy atom. The van der Waals surface area contributed by atoms with Crippen LogP contribution in [-0.2, 0) is 4.79 Å². The van der Waals surface area contributed by atoms with Crippen LogP contribution in [0.2, 0.25) is 0 Å². The van der Waals surface area contributed by atoms with Crippen molar-refractivity contribution < 1.29 is 4.79 Å². The molecule has 0 spiro atoms. The molecular weight excluding hydrogens is 148 g/mol. The molecule has 0 amide bonds. The van der Waals surface area contributed by atoms with E-state index in [4.69, 9.17) is 0 Å². The molecule has 0 N–H and O–H groups in total. The summed E-state index contributed by atoms with van der Waals surface area (Å²) in [5.74, 6) is 0.919. The fourth-order valence-electron chi connectivity index (χ4n) is 2.02. The molecule has 1 rings (SSSR count). The van der Waals surface area contributed by atoms with Crippen molar-refractivity contribution in [3.63, 3.8) is 0 Å². The van der Waals surface area contributed by atoms with E-state index in [1.165, 1.54) is 25.7 Å². The summed E-state index contributed by atoms with van der Waals surface area (Å²) in [7, 11) is 0. The van der Waals surface area contributed by atoms with Crippen molar-refractivity contribution >= 4 is 5.78 Å². The lowest BCUT2D eigenvalue weighted by Crippen LogP contribution is -2.12. The molecule has 0 heterocycles. The molecule has 0 bridgehead atoms. The van der Waals surface area contributed by atoms with Gasteiger partial charge in [0.25, 0.3) is 0 Å². The Morgan fingerprint density at radius 2 is 1.83 bits per heavy atom. The van der Waals surface area contributed by atoms with Gasteiger partial charge < -0.3 is 0 Å². The molecule has 1 nitrogen and oxygen atoms in total. The molecule has 0 aromatic rings. The molecule has 0 aliphatic heterocycles. The first kappa shape index (κ1) is 9.76. The Bertz CT molecular complexity index is 140. The van der Waals surface area contributed by atoms with Crippen LogP contribution in [0, 0.1) is 5.92 Å². The van der Waals surface area contributed by atoms with Crippen molar-refractivity contribution in [2.24, 2.45) is 5.92 Å². The Labute approximate surface area is 75.5 Å². The van der Waals surface area contributed by atoms with Gasteiger partial charge in [0.15, 0.2) is 0 Å². The Balaban J connectivity index is 2.41. The van der Waals surface area contributed by atoms with E-state index in [1.54, 1.807) is 0 Å². The maximum absolute atomic E-state index is 11.6. The summed E-state index contributed by atoms with van der Waals surface area (Å²) < 4.78 is 0. The summed E-state index contributed by atoms with van der Waals surface area (Å²) in [6.07, 6.45) is 9.39. The van der Waals surface area contributed by atoms with Gasteiger partial charge in [-0.25, -0.2) is 0 Å². The zero-order valence-corrected chi connectivity index (χ0v) is 8.14. The first-order chi connectivity index (χ1) is 5.84. The van der Waals surface area contributed by atoms with E-state index < -0.39 is 0 Å². The molecular formula is C11H20O. The number of hydrogen-bond acceptors (Lipinski definition) is 1. The monoisotopic (exact) mass is 168 g/mol. The van der Waals surface area contributed by atoms with Crippen LogP contribution in [0.4, 0.5) is 0 Å². The number of Topliss-reactive ketones (excluding diaryl/α,β-unsaturated/α-hetero) is 1. The van der Waals surface area contributed by atoms with Crippen LogP contribution in [0.5, 0.6) is 0 Å². The SMILES string of the molecule is CCC1CCCCCCCC1=O. The van der Waals surface area contributed by atoms with Crippen LogP contribution in [0.1, 0.15) is 58.3 Å². The van der Waals surface area contributed by atoms with Gasteiger partial charge in [0.2, 0.25) is 0 Å². The molecule has 0 aromatic heterocycles. The fourth-order valence-corrected chi connectivity index (χ4v) is 2.02. The van der Waals surface area contributed by atoms with Gasteiger partial charge in [0.1, 0.15) is 5.78 Å². The van der Waals surface area contributed by atoms with Crippen LogP contribution in [0.25, 0.3) is 0 Å². The van der Waals surface area contributed by atoms with Crippen LogP contribution >= 0.6 is 0 Å². The zero-order chi connectivity index (χ0) is 8.81. The van der Waals surface area contributed by atoms with Gasteiger partial charge >= 0.3 is 0 Å². The van der Waals surface area contributed by atoms with Crippen molar-refractivity contribution in [1.82, 2.24) is 0 Å². The van der Waals surface area contributed by atoms with Gasteiger partial charge in [0, 0.05) is 12.3 Å². The van der Waals surface area contributed by atoms with Crippen molar-refractivity contribution in [2.75, 3.05) is 0 Å². The molecule has 12 heavy (non-hydrogen) atoms. The first-order valence-electron chi connectivity index (χ1n) is 5.37. The molecule has 70 valence electrons. The lowest BCUT2D eigenvalue weighted by atomic mass is 9.93. The highest BCUT2D eigenvalue weighted by Gasteiger charge is 2.16. The number of rotatable bonds is 1. The third kappa shape index (κ3) is 2.96. The number of ketones is 1. The minimum absolute atomic E-state index is 0.392. The van der Waals surface area contributed by atoms with Gasteiger partial charge in [-0.1, -0.05) is 32.6 Å². The van der Waals surface area contributed by atoms with Crippen molar-refractivity contribution in [3.8, 4) is 0 Å². The van der Waals surface area contributed by atoms with Crippen molar-refractivity contribution in [3.05, 3.63) is 0 Å². The van der Waals surface area contributed by atoms with Crippen LogP contribution in [0.3, 0.4) is 0 Å². The molecule has 1 unspecified atom stereocenters. The number of hydrogen-bond donors (Lipinski definition) is 0.